The van der Waals surface area contributed by atoms with Gasteiger partial charge in [-0.15, -0.1) is 0 Å². The predicted molar refractivity (Wildman–Crippen MR) is 160 cm³/mol. The zero-order valence-electron chi connectivity index (χ0n) is 24.2. The van der Waals surface area contributed by atoms with Gasteiger partial charge in [-0.25, -0.2) is 4.57 Å². The Kier molecular flexibility index (Phi) is 5.79. The highest BCUT2D eigenvalue weighted by molar-refractivity contribution is 6.12. The molecule has 0 unspecified atom stereocenters. The van der Waals surface area contributed by atoms with Gasteiger partial charge < -0.3 is 4.42 Å². The molecule has 0 aliphatic heterocycles. The predicted octanol–water partition coefficient (Wildman–Crippen LogP) is 9.36. The molecule has 0 fully saturated rings. The molecule has 0 saturated carbocycles. The van der Waals surface area contributed by atoms with Gasteiger partial charge in [0, 0.05) is 33.4 Å². The first-order valence-electron chi connectivity index (χ1n) is 14.2. The summed E-state index contributed by atoms with van der Waals surface area (Å²) < 4.78 is 9.37. The largest absolute Gasteiger partial charge is 0.455 e. The van der Waals surface area contributed by atoms with E-state index in [0.29, 0.717) is 11.8 Å². The summed E-state index contributed by atoms with van der Waals surface area (Å²) in [5.74, 6) is 1.14. The molecule has 6 rings (SSSR count). The average molecular weight is 503 g/mol. The first-order chi connectivity index (χ1) is 18.1. The van der Waals surface area contributed by atoms with Crippen molar-refractivity contribution >= 4 is 21.9 Å². The second kappa shape index (κ2) is 8.83. The first-order valence-corrected chi connectivity index (χ1v) is 14.2. The molecular weight excluding hydrogens is 462 g/mol. The summed E-state index contributed by atoms with van der Waals surface area (Å²) in [6.45, 7) is 16.0. The van der Waals surface area contributed by atoms with Crippen LogP contribution in [0.1, 0.15) is 68.4 Å². The van der Waals surface area contributed by atoms with Crippen LogP contribution in [0.3, 0.4) is 0 Å². The molecule has 2 heteroatoms. The number of pyridine rings is 1. The molecule has 2 aromatic heterocycles. The quantitative estimate of drug-likeness (QED) is 0.219. The number of furan rings is 1. The summed E-state index contributed by atoms with van der Waals surface area (Å²) in [6, 6.07) is 20.6. The standard InChI is InChI=1S/C36H40NO/c1-21(2)18-36(19-22(3)4)30-12-10-9-11-26(30)27-15-16-29-28-14-13-23(5)32(34(28)38-35(29)33(27)36)31-17-24(6)25(7)20-37(31)8/h9-17,20-22H,18-19H2,1-8H3/q+1. The van der Waals surface area contributed by atoms with Crippen LogP contribution in [-0.2, 0) is 12.5 Å². The summed E-state index contributed by atoms with van der Waals surface area (Å²) in [4.78, 5) is 0. The molecule has 0 atom stereocenters. The van der Waals surface area contributed by atoms with Crippen molar-refractivity contribution in [2.45, 2.75) is 66.7 Å². The molecule has 38 heavy (non-hydrogen) atoms. The van der Waals surface area contributed by atoms with Crippen molar-refractivity contribution in [1.82, 2.24) is 0 Å². The number of benzene rings is 3. The fourth-order valence-corrected chi connectivity index (χ4v) is 7.32. The van der Waals surface area contributed by atoms with Crippen LogP contribution < -0.4 is 4.57 Å². The van der Waals surface area contributed by atoms with Crippen molar-refractivity contribution in [1.29, 1.82) is 0 Å². The molecule has 0 spiro atoms. The summed E-state index contributed by atoms with van der Waals surface area (Å²) in [6.07, 6.45) is 4.46. The number of nitrogens with zero attached hydrogens (tertiary/aromatic N) is 1. The van der Waals surface area contributed by atoms with Crippen molar-refractivity contribution in [2.24, 2.45) is 18.9 Å². The SMILES string of the molecule is Cc1cc(-c2c(C)ccc3c2oc2c4c(ccc23)-c2ccccc2C4(CC(C)C)CC(C)C)[n+](C)cc1C. The van der Waals surface area contributed by atoms with Gasteiger partial charge in [0.15, 0.2) is 6.20 Å². The minimum absolute atomic E-state index is 0.0536. The van der Waals surface area contributed by atoms with Gasteiger partial charge in [0.1, 0.15) is 18.2 Å². The molecule has 2 heterocycles. The van der Waals surface area contributed by atoms with E-state index in [4.69, 9.17) is 4.42 Å². The van der Waals surface area contributed by atoms with Crippen LogP contribution in [0.5, 0.6) is 0 Å². The van der Waals surface area contributed by atoms with Crippen molar-refractivity contribution in [3.8, 4) is 22.4 Å². The Morgan fingerprint density at radius 2 is 1.39 bits per heavy atom. The number of aromatic nitrogens is 1. The normalized spacial score (nSPS) is 14.2. The number of hydrogen-bond acceptors (Lipinski definition) is 1. The van der Waals surface area contributed by atoms with Gasteiger partial charge in [0.05, 0.1) is 5.56 Å². The highest BCUT2D eigenvalue weighted by Crippen LogP contribution is 2.58. The Labute approximate surface area is 227 Å². The molecule has 1 aliphatic rings. The third-order valence-corrected chi connectivity index (χ3v) is 8.74. The van der Waals surface area contributed by atoms with Gasteiger partial charge in [0.25, 0.3) is 0 Å². The fourth-order valence-electron chi connectivity index (χ4n) is 7.32. The summed E-state index contributed by atoms with van der Waals surface area (Å²) in [5.41, 5.74) is 13.9. The van der Waals surface area contributed by atoms with E-state index >= 15 is 0 Å². The van der Waals surface area contributed by atoms with E-state index in [2.05, 4.69) is 121 Å². The van der Waals surface area contributed by atoms with E-state index in [9.17, 15) is 0 Å². The van der Waals surface area contributed by atoms with E-state index in [1.54, 1.807) is 0 Å². The lowest BCUT2D eigenvalue weighted by atomic mass is 9.67. The topological polar surface area (TPSA) is 17.0 Å². The second-order valence-corrected chi connectivity index (χ2v) is 12.6. The van der Waals surface area contributed by atoms with Crippen LogP contribution in [0.15, 0.2) is 65.2 Å². The number of hydrogen-bond donors (Lipinski definition) is 0. The molecule has 0 bridgehead atoms. The number of aryl methyl sites for hydroxylation is 4. The summed E-state index contributed by atoms with van der Waals surface area (Å²) in [5, 5.41) is 2.44. The highest BCUT2D eigenvalue weighted by Gasteiger charge is 2.46. The zero-order chi connectivity index (χ0) is 26.9. The first kappa shape index (κ1) is 24.9. The minimum Gasteiger partial charge on any atom is -0.455 e. The molecule has 194 valence electrons. The third-order valence-electron chi connectivity index (χ3n) is 8.74. The molecular formula is C36H40NO+. The van der Waals surface area contributed by atoms with E-state index in [1.165, 1.54) is 61.0 Å². The Morgan fingerprint density at radius 3 is 2.11 bits per heavy atom. The molecule has 2 nitrogen and oxygen atoms in total. The molecule has 0 amide bonds. The van der Waals surface area contributed by atoms with E-state index < -0.39 is 0 Å². The summed E-state index contributed by atoms with van der Waals surface area (Å²) >= 11 is 0. The molecule has 0 radical (unpaired) electrons. The maximum absolute atomic E-state index is 7.12. The Hall–Kier alpha value is -3.39. The van der Waals surface area contributed by atoms with Gasteiger partial charge in [-0.3, -0.25) is 0 Å². The molecule has 5 aromatic rings. The molecule has 1 aliphatic carbocycles. The van der Waals surface area contributed by atoms with Crippen LogP contribution in [0.2, 0.25) is 0 Å². The lowest BCUT2D eigenvalue weighted by Gasteiger charge is -2.35. The van der Waals surface area contributed by atoms with Crippen LogP contribution in [0, 0.1) is 32.6 Å². The second-order valence-electron chi connectivity index (χ2n) is 12.6. The van der Waals surface area contributed by atoms with Gasteiger partial charge >= 0.3 is 0 Å². The van der Waals surface area contributed by atoms with Crippen LogP contribution in [-0.4, -0.2) is 0 Å². The summed E-state index contributed by atoms with van der Waals surface area (Å²) in [7, 11) is 2.15. The lowest BCUT2D eigenvalue weighted by Crippen LogP contribution is -2.31. The van der Waals surface area contributed by atoms with Gasteiger partial charge in [0.2, 0.25) is 5.69 Å². The van der Waals surface area contributed by atoms with E-state index in [-0.39, 0.29) is 5.41 Å². The minimum atomic E-state index is -0.0536. The maximum atomic E-state index is 7.12. The van der Waals surface area contributed by atoms with Crippen molar-refractivity contribution < 1.29 is 8.98 Å². The third kappa shape index (κ3) is 3.56. The Balaban J connectivity index is 1.74. The fraction of sp³-hybridized carbons (Fsp3) is 0.361. The number of rotatable bonds is 5. The molecule has 3 aromatic carbocycles. The highest BCUT2D eigenvalue weighted by atomic mass is 16.3. The smallest absolute Gasteiger partial charge is 0.216 e. The van der Waals surface area contributed by atoms with Gasteiger partial charge in [-0.2, -0.15) is 0 Å². The van der Waals surface area contributed by atoms with Crippen molar-refractivity contribution in [3.05, 3.63) is 88.6 Å². The van der Waals surface area contributed by atoms with Gasteiger partial charge in [-0.05, 0) is 79.3 Å². The Morgan fingerprint density at radius 1 is 0.737 bits per heavy atom. The van der Waals surface area contributed by atoms with E-state index in [1.807, 2.05) is 0 Å². The van der Waals surface area contributed by atoms with E-state index in [0.717, 1.165) is 24.0 Å². The van der Waals surface area contributed by atoms with Crippen molar-refractivity contribution in [3.63, 3.8) is 0 Å². The zero-order valence-corrected chi connectivity index (χ0v) is 24.2. The molecule has 0 N–H and O–H groups in total. The van der Waals surface area contributed by atoms with Crippen molar-refractivity contribution in [2.75, 3.05) is 0 Å². The average Bonchev–Trinajstić information content (AvgIpc) is 3.35. The number of fused-ring (bicyclic) bond motifs is 7. The van der Waals surface area contributed by atoms with Crippen LogP contribution in [0.25, 0.3) is 44.3 Å². The Bertz CT molecular complexity index is 1710. The maximum Gasteiger partial charge on any atom is 0.216 e. The lowest BCUT2D eigenvalue weighted by molar-refractivity contribution is -0.660. The molecule has 0 saturated heterocycles. The van der Waals surface area contributed by atoms with Crippen LogP contribution in [0.4, 0.5) is 0 Å². The van der Waals surface area contributed by atoms with Gasteiger partial charge in [-0.1, -0.05) is 70.2 Å². The van der Waals surface area contributed by atoms with Crippen LogP contribution >= 0.6 is 0 Å². The monoisotopic (exact) mass is 502 g/mol.